The molecule has 0 radical (unpaired) electrons. The van der Waals surface area contributed by atoms with Crippen LogP contribution >= 0.6 is 45.8 Å². The number of carbonyl (C=O) groups is 2. The molecule has 0 heterocycles. The van der Waals surface area contributed by atoms with Gasteiger partial charge < -0.3 is 19.5 Å². The van der Waals surface area contributed by atoms with E-state index < -0.39 is 24.0 Å². The molecule has 2 aromatic rings. The number of hydrogen-bond donors (Lipinski definition) is 2. The second-order valence-corrected chi connectivity index (χ2v) is 10.9. The summed E-state index contributed by atoms with van der Waals surface area (Å²) >= 11 is 14.2. The Bertz CT molecular complexity index is 1130. The van der Waals surface area contributed by atoms with E-state index in [1.807, 2.05) is 33.8 Å². The molecule has 2 atom stereocenters. The molecule has 11 heteroatoms. The number of carbonyl (C=O) groups excluding carboxylic acids is 2. The Hall–Kier alpha value is -2.24. The fourth-order valence-corrected chi connectivity index (χ4v) is 4.56. The highest BCUT2D eigenvalue weighted by atomic mass is 127. The van der Waals surface area contributed by atoms with Gasteiger partial charge in [-0.15, -0.1) is 0 Å². The summed E-state index contributed by atoms with van der Waals surface area (Å²) in [5, 5.41) is 7.60. The third-order valence-electron chi connectivity index (χ3n) is 5.08. The Balaban J connectivity index is 2.08. The summed E-state index contributed by atoms with van der Waals surface area (Å²) in [4.78, 5) is 25.7. The van der Waals surface area contributed by atoms with Crippen molar-refractivity contribution in [3.05, 3.63) is 49.5 Å². The van der Waals surface area contributed by atoms with Crippen LogP contribution < -0.4 is 25.0 Å². The van der Waals surface area contributed by atoms with Gasteiger partial charge in [-0.25, -0.2) is 5.43 Å². The molecular formula is C27H34Cl2IN3O5. The Morgan fingerprint density at radius 2 is 1.79 bits per heavy atom. The van der Waals surface area contributed by atoms with Crippen molar-refractivity contribution in [1.29, 1.82) is 0 Å². The lowest BCUT2D eigenvalue weighted by atomic mass is 10.0. The number of nitrogens with one attached hydrogen (secondary N) is 2. The van der Waals surface area contributed by atoms with E-state index in [9.17, 15) is 9.59 Å². The lowest BCUT2D eigenvalue weighted by molar-refractivity contribution is -0.132. The van der Waals surface area contributed by atoms with Gasteiger partial charge in [-0.3, -0.25) is 9.59 Å². The maximum atomic E-state index is 12.9. The number of nitrogens with zero attached hydrogens (tertiary/aromatic N) is 1. The molecule has 8 nitrogen and oxygen atoms in total. The molecule has 0 aromatic heterocycles. The molecule has 2 rings (SSSR count). The van der Waals surface area contributed by atoms with E-state index >= 15 is 0 Å². The molecule has 38 heavy (non-hydrogen) atoms. The van der Waals surface area contributed by atoms with Crippen molar-refractivity contribution in [2.24, 2.45) is 11.0 Å². The molecule has 2 N–H and O–H groups in total. The summed E-state index contributed by atoms with van der Waals surface area (Å²) < 4.78 is 18.1. The third kappa shape index (κ3) is 10.1. The van der Waals surface area contributed by atoms with E-state index in [-0.39, 0.29) is 10.9 Å². The summed E-state index contributed by atoms with van der Waals surface area (Å²) in [6.07, 6.45) is 1.92. The topological polar surface area (TPSA) is 98.2 Å². The zero-order valence-electron chi connectivity index (χ0n) is 22.1. The second kappa shape index (κ2) is 16.0. The van der Waals surface area contributed by atoms with Gasteiger partial charge in [0.2, 0.25) is 0 Å². The molecule has 2 aromatic carbocycles. The van der Waals surface area contributed by atoms with Gasteiger partial charge in [-0.2, -0.15) is 5.10 Å². The van der Waals surface area contributed by atoms with Crippen molar-refractivity contribution in [1.82, 2.24) is 10.7 Å². The van der Waals surface area contributed by atoms with Gasteiger partial charge in [-0.1, -0.05) is 44.0 Å². The lowest BCUT2D eigenvalue weighted by Crippen LogP contribution is -2.49. The number of hydrogen-bond acceptors (Lipinski definition) is 6. The standard InChI is InChI=1S/C27H34Cl2IN3O5/c1-6-10-37-25-21(30)12-18(13-24(25)36-7-2)15-31-33-27(35)22(11-16(3)4)32-26(34)17(5)38-23-9-8-19(28)14-20(23)29/h8-9,12-17,22H,6-7,10-11H2,1-5H3,(H,32,34)(H,33,35)/b31-15-/t17-,22-/m0/s1. The Kier molecular flexibility index (Phi) is 13.5. The first-order chi connectivity index (χ1) is 18.0. The highest BCUT2D eigenvalue weighted by Gasteiger charge is 2.25. The van der Waals surface area contributed by atoms with Gasteiger partial charge in [0.05, 0.1) is 28.0 Å². The molecule has 0 bridgehead atoms. The van der Waals surface area contributed by atoms with Crippen LogP contribution in [-0.4, -0.2) is 43.4 Å². The van der Waals surface area contributed by atoms with Crippen LogP contribution in [-0.2, 0) is 9.59 Å². The molecule has 0 saturated heterocycles. The molecule has 0 aliphatic heterocycles. The minimum atomic E-state index is -0.896. The summed E-state index contributed by atoms with van der Waals surface area (Å²) in [5.74, 6) is 0.858. The number of halogens is 3. The van der Waals surface area contributed by atoms with E-state index in [1.165, 1.54) is 12.3 Å². The van der Waals surface area contributed by atoms with Gasteiger partial charge >= 0.3 is 0 Å². The van der Waals surface area contributed by atoms with Gasteiger partial charge in [0.25, 0.3) is 11.8 Å². The van der Waals surface area contributed by atoms with E-state index in [2.05, 4.69) is 38.4 Å². The Labute approximate surface area is 247 Å². The fourth-order valence-electron chi connectivity index (χ4n) is 3.32. The first kappa shape index (κ1) is 32.0. The lowest BCUT2D eigenvalue weighted by Gasteiger charge is -2.22. The average molecular weight is 678 g/mol. The average Bonchev–Trinajstić information content (AvgIpc) is 2.84. The molecule has 0 saturated carbocycles. The normalized spacial score (nSPS) is 12.8. The predicted molar refractivity (Wildman–Crippen MR) is 160 cm³/mol. The predicted octanol–water partition coefficient (Wildman–Crippen LogP) is 6.23. The van der Waals surface area contributed by atoms with Gasteiger partial charge in [0, 0.05) is 5.02 Å². The summed E-state index contributed by atoms with van der Waals surface area (Å²) in [6.45, 7) is 10.5. The highest BCUT2D eigenvalue weighted by Crippen LogP contribution is 2.34. The quantitative estimate of drug-likeness (QED) is 0.140. The fraction of sp³-hybridized carbons (Fsp3) is 0.444. The van der Waals surface area contributed by atoms with Gasteiger partial charge in [0.1, 0.15) is 11.8 Å². The number of benzene rings is 2. The van der Waals surface area contributed by atoms with E-state index in [0.29, 0.717) is 41.9 Å². The van der Waals surface area contributed by atoms with E-state index in [1.54, 1.807) is 25.1 Å². The third-order valence-corrected chi connectivity index (χ3v) is 6.41. The second-order valence-electron chi connectivity index (χ2n) is 8.87. The van der Waals surface area contributed by atoms with Crippen molar-refractivity contribution >= 4 is 63.8 Å². The van der Waals surface area contributed by atoms with Crippen molar-refractivity contribution in [2.45, 2.75) is 59.6 Å². The molecule has 2 amide bonds. The molecular weight excluding hydrogens is 644 g/mol. The maximum absolute atomic E-state index is 12.9. The van der Waals surface area contributed by atoms with Gasteiger partial charge in [0.15, 0.2) is 17.6 Å². The van der Waals surface area contributed by atoms with Crippen LogP contribution in [0.3, 0.4) is 0 Å². The summed E-state index contributed by atoms with van der Waals surface area (Å²) in [7, 11) is 0. The van der Waals surface area contributed by atoms with Crippen LogP contribution in [0, 0.1) is 9.49 Å². The molecule has 0 aliphatic rings. The van der Waals surface area contributed by atoms with Gasteiger partial charge in [-0.05, 0) is 91.1 Å². The zero-order valence-corrected chi connectivity index (χ0v) is 25.8. The minimum absolute atomic E-state index is 0.142. The van der Waals surface area contributed by atoms with E-state index in [0.717, 1.165) is 15.6 Å². The highest BCUT2D eigenvalue weighted by molar-refractivity contribution is 14.1. The van der Waals surface area contributed by atoms with Crippen LogP contribution in [0.2, 0.25) is 10.0 Å². The number of hydrazone groups is 1. The first-order valence-corrected chi connectivity index (χ1v) is 14.2. The molecule has 208 valence electrons. The van der Waals surface area contributed by atoms with Crippen molar-refractivity contribution < 1.29 is 23.8 Å². The molecule has 0 fully saturated rings. The van der Waals surface area contributed by atoms with Crippen molar-refractivity contribution in [3.8, 4) is 17.2 Å². The van der Waals surface area contributed by atoms with Crippen molar-refractivity contribution in [2.75, 3.05) is 13.2 Å². The maximum Gasteiger partial charge on any atom is 0.262 e. The zero-order chi connectivity index (χ0) is 28.2. The van der Waals surface area contributed by atoms with Crippen LogP contribution in [0.25, 0.3) is 0 Å². The van der Waals surface area contributed by atoms with Crippen molar-refractivity contribution in [3.63, 3.8) is 0 Å². The smallest absolute Gasteiger partial charge is 0.262 e. The Morgan fingerprint density at radius 3 is 2.42 bits per heavy atom. The van der Waals surface area contributed by atoms with E-state index in [4.69, 9.17) is 37.4 Å². The molecule has 0 aliphatic carbocycles. The SMILES string of the molecule is CCCOc1c(I)cc(/C=N\NC(=O)[C@H](CC(C)C)NC(=O)[C@H](C)Oc2ccc(Cl)cc2Cl)cc1OCC. The van der Waals surface area contributed by atoms with Crippen LogP contribution in [0.4, 0.5) is 0 Å². The summed E-state index contributed by atoms with van der Waals surface area (Å²) in [6, 6.07) is 7.61. The number of rotatable bonds is 14. The van der Waals surface area contributed by atoms with Crippen LogP contribution in [0.5, 0.6) is 17.2 Å². The molecule has 0 unspecified atom stereocenters. The monoisotopic (exact) mass is 677 g/mol. The minimum Gasteiger partial charge on any atom is -0.490 e. The molecule has 0 spiro atoms. The largest absolute Gasteiger partial charge is 0.490 e. The van der Waals surface area contributed by atoms with Crippen LogP contribution in [0.1, 0.15) is 53.0 Å². The Morgan fingerprint density at radius 1 is 1.05 bits per heavy atom. The first-order valence-electron chi connectivity index (χ1n) is 12.4. The summed E-state index contributed by atoms with van der Waals surface area (Å²) in [5.41, 5.74) is 3.26. The van der Waals surface area contributed by atoms with Crippen LogP contribution in [0.15, 0.2) is 35.4 Å². The number of amides is 2. The number of ether oxygens (including phenoxy) is 3.